The molecule has 0 radical (unpaired) electrons. The molecule has 4 aromatic rings. The number of aromatic nitrogens is 3. The molecular weight excluding hydrogens is 363 g/mol. The molecular formula is C20H15FN4O3. The van der Waals surface area contributed by atoms with E-state index in [9.17, 15) is 14.0 Å². The Balaban J connectivity index is 1.55. The van der Waals surface area contributed by atoms with Crippen LogP contribution >= 0.6 is 0 Å². The highest BCUT2D eigenvalue weighted by molar-refractivity contribution is 5.91. The maximum atomic E-state index is 13.2. The summed E-state index contributed by atoms with van der Waals surface area (Å²) in [5.74, 6) is -0.782. The Kier molecular flexibility index (Phi) is 4.67. The Bertz CT molecular complexity index is 1200. The van der Waals surface area contributed by atoms with E-state index in [4.69, 9.17) is 4.52 Å². The van der Waals surface area contributed by atoms with Crippen LogP contribution in [0.3, 0.4) is 0 Å². The number of nitrogens with zero attached hydrogens (tertiary/aromatic N) is 3. The number of fused-ring (bicyclic) bond motifs is 1. The molecule has 0 aliphatic carbocycles. The van der Waals surface area contributed by atoms with Gasteiger partial charge in [0.15, 0.2) is 0 Å². The van der Waals surface area contributed by atoms with Crippen molar-refractivity contribution in [3.05, 3.63) is 77.1 Å². The molecule has 0 fully saturated rings. The molecule has 0 bridgehead atoms. The minimum absolute atomic E-state index is 0.0234. The van der Waals surface area contributed by atoms with Crippen LogP contribution in [0.2, 0.25) is 0 Å². The van der Waals surface area contributed by atoms with Crippen molar-refractivity contribution in [2.24, 2.45) is 0 Å². The van der Waals surface area contributed by atoms with E-state index in [1.165, 1.54) is 29.1 Å². The number of amides is 1. The number of hydrogen-bond acceptors (Lipinski definition) is 5. The Morgan fingerprint density at radius 2 is 1.96 bits per heavy atom. The molecule has 1 N–H and O–H groups in total. The maximum Gasteiger partial charge on any atom is 0.266 e. The summed E-state index contributed by atoms with van der Waals surface area (Å²) in [7, 11) is 0. The van der Waals surface area contributed by atoms with Crippen LogP contribution in [-0.2, 0) is 11.3 Å². The van der Waals surface area contributed by atoms with Crippen LogP contribution in [0.1, 0.15) is 6.42 Å². The average molecular weight is 378 g/mol. The number of anilines is 1. The molecule has 8 heteroatoms. The fourth-order valence-electron chi connectivity index (χ4n) is 2.84. The molecule has 0 unspecified atom stereocenters. The fraction of sp³-hybridized carbons (Fsp3) is 0.100. The minimum Gasteiger partial charge on any atom is -0.335 e. The second-order valence-electron chi connectivity index (χ2n) is 6.13. The van der Waals surface area contributed by atoms with Gasteiger partial charge in [-0.15, -0.1) is 0 Å². The van der Waals surface area contributed by atoms with E-state index in [-0.39, 0.29) is 35.5 Å². The van der Waals surface area contributed by atoms with Gasteiger partial charge in [0.05, 0.1) is 0 Å². The number of halogens is 1. The number of aryl methyl sites for hydroxylation is 1. The molecule has 0 atom stereocenters. The van der Waals surface area contributed by atoms with Gasteiger partial charge in [0, 0.05) is 24.2 Å². The van der Waals surface area contributed by atoms with Crippen LogP contribution in [0.15, 0.2) is 70.2 Å². The monoisotopic (exact) mass is 378 g/mol. The van der Waals surface area contributed by atoms with Crippen LogP contribution in [-0.4, -0.2) is 20.6 Å². The molecule has 0 saturated carbocycles. The van der Waals surface area contributed by atoms with Crippen molar-refractivity contribution >= 4 is 22.7 Å². The van der Waals surface area contributed by atoms with Crippen LogP contribution in [0, 0.1) is 5.82 Å². The molecule has 1 amide bonds. The van der Waals surface area contributed by atoms with Crippen molar-refractivity contribution in [1.29, 1.82) is 0 Å². The summed E-state index contributed by atoms with van der Waals surface area (Å²) in [6, 6.07) is 14.8. The second kappa shape index (κ2) is 7.43. The zero-order chi connectivity index (χ0) is 19.5. The first-order valence-electron chi connectivity index (χ1n) is 8.57. The lowest BCUT2D eigenvalue weighted by Gasteiger charge is -2.07. The van der Waals surface area contributed by atoms with Crippen molar-refractivity contribution in [2.45, 2.75) is 13.0 Å². The molecule has 0 saturated heterocycles. The number of carbonyl (C=O) groups is 1. The normalized spacial score (nSPS) is 10.9. The quantitative estimate of drug-likeness (QED) is 0.576. The molecule has 0 spiro atoms. The highest BCUT2D eigenvalue weighted by atomic mass is 19.1. The lowest BCUT2D eigenvalue weighted by molar-refractivity contribution is -0.116. The van der Waals surface area contributed by atoms with E-state index in [1.807, 2.05) is 30.3 Å². The number of hydrogen-bond donors (Lipinski definition) is 1. The van der Waals surface area contributed by atoms with Gasteiger partial charge in [0.25, 0.3) is 11.3 Å². The standard InChI is InChI=1S/C20H15FN4O3/c21-14-7-4-8-15(11-14)23-16(26)9-10-25-12-22-19-17(20(25)27)18(24-28-19)13-5-2-1-3-6-13/h1-8,11-12H,9-10H2,(H,23,26). The third-order valence-electron chi connectivity index (χ3n) is 4.20. The van der Waals surface area contributed by atoms with Gasteiger partial charge in [-0.3, -0.25) is 14.2 Å². The molecule has 2 heterocycles. The zero-order valence-electron chi connectivity index (χ0n) is 14.6. The summed E-state index contributed by atoms with van der Waals surface area (Å²) in [4.78, 5) is 29.1. The number of nitrogens with one attached hydrogen (secondary N) is 1. The van der Waals surface area contributed by atoms with Crippen LogP contribution in [0.5, 0.6) is 0 Å². The highest BCUT2D eigenvalue weighted by Gasteiger charge is 2.17. The van der Waals surface area contributed by atoms with Crippen molar-refractivity contribution in [3.8, 4) is 11.3 Å². The van der Waals surface area contributed by atoms with Crippen LogP contribution in [0.25, 0.3) is 22.4 Å². The first-order chi connectivity index (χ1) is 13.6. The molecule has 7 nitrogen and oxygen atoms in total. The fourth-order valence-corrected chi connectivity index (χ4v) is 2.84. The molecule has 0 aliphatic rings. The second-order valence-corrected chi connectivity index (χ2v) is 6.13. The Morgan fingerprint density at radius 1 is 1.14 bits per heavy atom. The predicted molar refractivity (Wildman–Crippen MR) is 101 cm³/mol. The summed E-state index contributed by atoms with van der Waals surface area (Å²) >= 11 is 0. The van der Waals surface area contributed by atoms with Crippen LogP contribution < -0.4 is 10.9 Å². The van der Waals surface area contributed by atoms with Gasteiger partial charge in [-0.1, -0.05) is 41.6 Å². The smallest absolute Gasteiger partial charge is 0.266 e. The third-order valence-corrected chi connectivity index (χ3v) is 4.20. The summed E-state index contributed by atoms with van der Waals surface area (Å²) in [6.07, 6.45) is 1.34. The molecule has 28 heavy (non-hydrogen) atoms. The van der Waals surface area contributed by atoms with Crippen molar-refractivity contribution in [3.63, 3.8) is 0 Å². The van der Waals surface area contributed by atoms with Gasteiger partial charge < -0.3 is 9.84 Å². The van der Waals surface area contributed by atoms with E-state index >= 15 is 0 Å². The van der Waals surface area contributed by atoms with E-state index in [1.54, 1.807) is 6.07 Å². The molecule has 0 aliphatic heterocycles. The van der Waals surface area contributed by atoms with Gasteiger partial charge >= 0.3 is 0 Å². The Labute approximate surface area is 158 Å². The largest absolute Gasteiger partial charge is 0.335 e. The maximum absolute atomic E-state index is 13.2. The summed E-state index contributed by atoms with van der Waals surface area (Å²) < 4.78 is 19.7. The number of carbonyl (C=O) groups excluding carboxylic acids is 1. The van der Waals surface area contributed by atoms with E-state index in [0.717, 1.165) is 5.56 Å². The van der Waals surface area contributed by atoms with E-state index in [0.29, 0.717) is 11.4 Å². The topological polar surface area (TPSA) is 90.0 Å². The van der Waals surface area contributed by atoms with Gasteiger partial charge in [-0.05, 0) is 18.2 Å². The van der Waals surface area contributed by atoms with E-state index in [2.05, 4.69) is 15.5 Å². The van der Waals surface area contributed by atoms with Crippen molar-refractivity contribution in [2.75, 3.05) is 5.32 Å². The molecule has 140 valence electrons. The molecule has 2 aromatic heterocycles. The van der Waals surface area contributed by atoms with Crippen molar-refractivity contribution in [1.82, 2.24) is 14.7 Å². The Morgan fingerprint density at radius 3 is 2.75 bits per heavy atom. The lowest BCUT2D eigenvalue weighted by atomic mass is 10.1. The third kappa shape index (κ3) is 3.52. The molecule has 4 rings (SSSR count). The first kappa shape index (κ1) is 17.6. The summed E-state index contributed by atoms with van der Waals surface area (Å²) in [5, 5.41) is 6.82. The van der Waals surface area contributed by atoms with Crippen LogP contribution in [0.4, 0.5) is 10.1 Å². The predicted octanol–water partition coefficient (Wildman–Crippen LogP) is 3.22. The highest BCUT2D eigenvalue weighted by Crippen LogP contribution is 2.23. The minimum atomic E-state index is -0.440. The van der Waals surface area contributed by atoms with Gasteiger partial charge in [-0.2, -0.15) is 0 Å². The van der Waals surface area contributed by atoms with E-state index < -0.39 is 5.82 Å². The summed E-state index contributed by atoms with van der Waals surface area (Å²) in [5.41, 5.74) is 1.30. The number of benzene rings is 2. The zero-order valence-corrected chi connectivity index (χ0v) is 14.6. The van der Waals surface area contributed by atoms with Gasteiger partial charge in [0.1, 0.15) is 23.2 Å². The summed E-state index contributed by atoms with van der Waals surface area (Å²) in [6.45, 7) is 0.113. The molecule has 2 aromatic carbocycles. The van der Waals surface area contributed by atoms with Crippen molar-refractivity contribution < 1.29 is 13.7 Å². The first-order valence-corrected chi connectivity index (χ1v) is 8.57. The van der Waals surface area contributed by atoms with Gasteiger partial charge in [-0.25, -0.2) is 9.37 Å². The van der Waals surface area contributed by atoms with Gasteiger partial charge in [0.2, 0.25) is 5.91 Å². The number of rotatable bonds is 5. The Hall–Kier alpha value is -3.81. The average Bonchev–Trinajstić information content (AvgIpc) is 3.13. The SMILES string of the molecule is O=C(CCn1cnc2onc(-c3ccccc3)c2c1=O)Nc1cccc(F)c1. The lowest BCUT2D eigenvalue weighted by Crippen LogP contribution is -2.23.